The van der Waals surface area contributed by atoms with Crippen molar-refractivity contribution in [2.45, 2.75) is 45.8 Å². The first-order valence-corrected chi connectivity index (χ1v) is 14.6. The molecule has 0 amide bonds. The summed E-state index contributed by atoms with van der Waals surface area (Å²) >= 11 is 1.16. The highest BCUT2D eigenvalue weighted by molar-refractivity contribution is 7.99. The van der Waals surface area contributed by atoms with Crippen LogP contribution in [0.3, 0.4) is 0 Å². The average molecular weight is 553 g/mol. The Morgan fingerprint density at radius 1 is 0.882 bits per heavy atom. The molecule has 0 bridgehead atoms. The second-order valence-corrected chi connectivity index (χ2v) is 11.7. The van der Waals surface area contributed by atoms with Crippen molar-refractivity contribution in [2.75, 3.05) is 36.2 Å². The molecule has 16 heteroatoms. The molecule has 0 aromatic rings. The zero-order valence-corrected chi connectivity index (χ0v) is 21.6. The predicted molar refractivity (Wildman–Crippen MR) is 121 cm³/mol. The van der Waals surface area contributed by atoms with Crippen LogP contribution >= 0.6 is 11.8 Å². The summed E-state index contributed by atoms with van der Waals surface area (Å²) in [5.41, 5.74) is 0. The molecule has 13 nitrogen and oxygen atoms in total. The molecule has 0 spiro atoms. The summed E-state index contributed by atoms with van der Waals surface area (Å²) in [7, 11) is -9.35. The third-order valence-corrected chi connectivity index (χ3v) is 6.98. The lowest BCUT2D eigenvalue weighted by Gasteiger charge is -2.18. The van der Waals surface area contributed by atoms with E-state index in [-0.39, 0.29) is 37.1 Å². The fourth-order valence-electron chi connectivity index (χ4n) is 2.15. The van der Waals surface area contributed by atoms with Crippen LogP contribution in [0.4, 0.5) is 0 Å². The van der Waals surface area contributed by atoms with Gasteiger partial charge >= 0.3 is 17.9 Å². The van der Waals surface area contributed by atoms with Crippen molar-refractivity contribution in [2.24, 2.45) is 11.8 Å². The van der Waals surface area contributed by atoms with E-state index in [9.17, 15) is 36.3 Å². The molecule has 0 radical (unpaired) electrons. The maximum Gasteiger partial charge on any atom is 0.309 e. The van der Waals surface area contributed by atoms with E-state index in [2.05, 4.69) is 0 Å². The molecule has 0 aromatic heterocycles. The van der Waals surface area contributed by atoms with Gasteiger partial charge in [-0.2, -0.15) is 28.6 Å². The lowest BCUT2D eigenvalue weighted by atomic mass is 10.1. The summed E-state index contributed by atoms with van der Waals surface area (Å²) in [5, 5.41) is 9.70. The Morgan fingerprint density at radius 2 is 1.41 bits per heavy atom. The van der Waals surface area contributed by atoms with E-state index in [1.807, 2.05) is 6.92 Å². The van der Waals surface area contributed by atoms with Crippen molar-refractivity contribution in [3.8, 4) is 0 Å². The van der Waals surface area contributed by atoms with Crippen LogP contribution in [0.25, 0.3) is 0 Å². The van der Waals surface area contributed by atoms with Crippen molar-refractivity contribution in [1.82, 2.24) is 0 Å². The van der Waals surface area contributed by atoms with Crippen LogP contribution in [0.2, 0.25) is 0 Å². The van der Waals surface area contributed by atoms with E-state index in [0.29, 0.717) is 6.42 Å². The number of carbonyl (C=O) groups is 3. The third kappa shape index (κ3) is 17.0. The van der Waals surface area contributed by atoms with Gasteiger partial charge in [0, 0.05) is 11.5 Å². The molecule has 0 rings (SSSR count). The Hall–Kier alpha value is -1.46. The molecule has 0 saturated carbocycles. The Balaban J connectivity index is 4.29. The molecule has 3 unspecified atom stereocenters. The van der Waals surface area contributed by atoms with Crippen molar-refractivity contribution >= 4 is 49.9 Å². The number of carbonyl (C=O) groups excluding carboxylic acids is 3. The fourth-order valence-corrected chi connectivity index (χ4v) is 4.57. The number of aliphatic hydroxyl groups is 1. The Kier molecular flexibility index (Phi) is 14.9. The van der Waals surface area contributed by atoms with Gasteiger partial charge in [0.1, 0.15) is 36.9 Å². The summed E-state index contributed by atoms with van der Waals surface area (Å²) in [5.74, 6) is -5.21. The predicted octanol–water partition coefficient (Wildman–Crippen LogP) is -0.0734. The van der Waals surface area contributed by atoms with E-state index in [1.165, 1.54) is 6.92 Å². The first-order chi connectivity index (χ1) is 15.5. The van der Waals surface area contributed by atoms with Crippen molar-refractivity contribution < 1.29 is 59.6 Å². The molecule has 0 aromatic carbocycles. The van der Waals surface area contributed by atoms with Gasteiger partial charge < -0.3 is 19.3 Å². The zero-order chi connectivity index (χ0) is 26.5. The Labute approximate surface area is 203 Å². The molecule has 3 N–H and O–H groups in total. The van der Waals surface area contributed by atoms with Crippen LogP contribution in [0.1, 0.15) is 33.6 Å². The molecule has 0 aliphatic heterocycles. The van der Waals surface area contributed by atoms with Gasteiger partial charge in [-0.05, 0) is 6.42 Å². The van der Waals surface area contributed by atoms with E-state index >= 15 is 0 Å². The summed E-state index contributed by atoms with van der Waals surface area (Å²) in [6.07, 6.45) is -2.43. The number of thioether (sulfide) groups is 1. The monoisotopic (exact) mass is 552 g/mol. The van der Waals surface area contributed by atoms with Gasteiger partial charge in [0.2, 0.25) is 0 Å². The first kappa shape index (κ1) is 32.5. The number of aliphatic hydroxyl groups excluding tert-OH is 1. The summed E-state index contributed by atoms with van der Waals surface area (Å²) in [4.78, 5) is 35.3. The number of ether oxygens (including phenoxy) is 3. The molecule has 0 aliphatic rings. The molecule has 200 valence electrons. The smallest absolute Gasteiger partial charge is 0.309 e. The second-order valence-electron chi connectivity index (χ2n) is 7.56. The van der Waals surface area contributed by atoms with E-state index in [1.54, 1.807) is 6.92 Å². The van der Waals surface area contributed by atoms with Crippen LogP contribution in [0.5, 0.6) is 0 Å². The number of rotatable bonds is 17. The van der Waals surface area contributed by atoms with E-state index in [4.69, 9.17) is 23.3 Å². The summed E-state index contributed by atoms with van der Waals surface area (Å²) < 4.78 is 76.1. The van der Waals surface area contributed by atoms with E-state index in [0.717, 1.165) is 11.8 Å². The number of esters is 3. The SMILES string of the molecule is CCC(C)C(=O)OCC(O)COC(=O)CCSCC(C)C(=O)OC(CS(=O)(=O)O)CS(=O)(=O)O. The van der Waals surface area contributed by atoms with Gasteiger partial charge in [-0.15, -0.1) is 0 Å². The topological polar surface area (TPSA) is 208 Å². The lowest BCUT2D eigenvalue weighted by Crippen LogP contribution is -2.35. The Bertz CT molecular complexity index is 836. The van der Waals surface area contributed by atoms with Crippen LogP contribution in [0, 0.1) is 11.8 Å². The van der Waals surface area contributed by atoms with E-state index < -0.39 is 67.8 Å². The van der Waals surface area contributed by atoms with Crippen LogP contribution < -0.4 is 0 Å². The molecular formula is C18H32O13S3. The molecular weight excluding hydrogens is 520 g/mol. The van der Waals surface area contributed by atoms with Gasteiger partial charge in [0.15, 0.2) is 0 Å². The molecule has 34 heavy (non-hydrogen) atoms. The van der Waals surface area contributed by atoms with Gasteiger partial charge in [-0.3, -0.25) is 23.5 Å². The van der Waals surface area contributed by atoms with Gasteiger partial charge in [0.05, 0.1) is 18.3 Å². The molecule has 0 saturated heterocycles. The largest absolute Gasteiger partial charge is 0.463 e. The maximum absolute atomic E-state index is 12.1. The molecule has 0 fully saturated rings. The highest BCUT2D eigenvalue weighted by Crippen LogP contribution is 2.14. The van der Waals surface area contributed by atoms with Crippen LogP contribution in [-0.4, -0.2) is 97.4 Å². The zero-order valence-electron chi connectivity index (χ0n) is 19.1. The number of hydrogen-bond donors (Lipinski definition) is 3. The fraction of sp³-hybridized carbons (Fsp3) is 0.833. The van der Waals surface area contributed by atoms with Crippen LogP contribution in [-0.2, 0) is 48.8 Å². The quantitative estimate of drug-likeness (QED) is 0.0934. The van der Waals surface area contributed by atoms with Crippen molar-refractivity contribution in [3.05, 3.63) is 0 Å². The normalized spacial score (nSPS) is 14.8. The maximum atomic E-state index is 12.1. The van der Waals surface area contributed by atoms with Gasteiger partial charge in [-0.25, -0.2) is 0 Å². The van der Waals surface area contributed by atoms with Gasteiger partial charge in [-0.1, -0.05) is 20.8 Å². The minimum Gasteiger partial charge on any atom is -0.463 e. The minimum atomic E-state index is -4.67. The van der Waals surface area contributed by atoms with Crippen molar-refractivity contribution in [1.29, 1.82) is 0 Å². The Morgan fingerprint density at radius 3 is 1.91 bits per heavy atom. The highest BCUT2D eigenvalue weighted by Gasteiger charge is 2.28. The third-order valence-electron chi connectivity index (χ3n) is 4.17. The highest BCUT2D eigenvalue weighted by atomic mass is 32.2. The summed E-state index contributed by atoms with van der Waals surface area (Å²) in [6, 6.07) is 0. The summed E-state index contributed by atoms with van der Waals surface area (Å²) in [6.45, 7) is 4.26. The molecule has 0 heterocycles. The second kappa shape index (κ2) is 15.5. The average Bonchev–Trinajstić information content (AvgIpc) is 2.69. The van der Waals surface area contributed by atoms with Crippen LogP contribution in [0.15, 0.2) is 0 Å². The molecule has 3 atom stereocenters. The minimum absolute atomic E-state index is 0.0556. The molecule has 0 aliphatic carbocycles. The number of hydrogen-bond acceptors (Lipinski definition) is 12. The standard InChI is InChI=1S/C18H32O13S3/c1-4-12(2)17(21)30-8-14(19)7-29-16(20)5-6-32-9-13(3)18(22)31-15(10-33(23,24)25)11-34(26,27)28/h12-15,19H,4-11H2,1-3H3,(H,23,24,25)(H,26,27,28). The lowest BCUT2D eigenvalue weighted by molar-refractivity contribution is -0.155. The van der Waals surface area contributed by atoms with Crippen molar-refractivity contribution in [3.63, 3.8) is 0 Å². The van der Waals surface area contributed by atoms with Gasteiger partial charge in [0.25, 0.3) is 20.2 Å². The first-order valence-electron chi connectivity index (χ1n) is 10.2.